The number of sulfonamides is 1. The van der Waals surface area contributed by atoms with E-state index in [1.165, 1.54) is 42.7 Å². The lowest BCUT2D eigenvalue weighted by atomic mass is 9.89. The molecule has 8 heteroatoms. The van der Waals surface area contributed by atoms with E-state index in [1.54, 1.807) is 6.92 Å². The maximum absolute atomic E-state index is 12.2. The van der Waals surface area contributed by atoms with Crippen LogP contribution in [-0.2, 0) is 10.0 Å². The molecule has 1 aromatic rings. The third-order valence-electron chi connectivity index (χ3n) is 5.20. The normalized spacial score (nSPS) is 25.7. The Morgan fingerprint density at radius 1 is 1.12 bits per heavy atom. The Bertz CT molecular complexity index is 640. The molecule has 1 saturated heterocycles. The third-order valence-corrected chi connectivity index (χ3v) is 6.49. The van der Waals surface area contributed by atoms with E-state index in [0.717, 1.165) is 25.6 Å². The van der Waals surface area contributed by atoms with Crippen molar-refractivity contribution in [3.05, 3.63) is 11.7 Å². The summed E-state index contributed by atoms with van der Waals surface area (Å²) in [5.41, 5.74) is 0. The van der Waals surface area contributed by atoms with Crippen LogP contribution in [0.25, 0.3) is 0 Å². The summed E-state index contributed by atoms with van der Waals surface area (Å²) in [6.07, 6.45) is 8.59. The highest BCUT2D eigenvalue weighted by Gasteiger charge is 2.35. The molecule has 0 spiro atoms. The van der Waals surface area contributed by atoms with Gasteiger partial charge in [-0.1, -0.05) is 24.4 Å². The zero-order valence-corrected chi connectivity index (χ0v) is 15.5. The summed E-state index contributed by atoms with van der Waals surface area (Å²) in [5.74, 6) is 1.71. The summed E-state index contributed by atoms with van der Waals surface area (Å²) in [6, 6.07) is -0.349. The van der Waals surface area contributed by atoms with Gasteiger partial charge in [0.2, 0.25) is 15.9 Å². The minimum Gasteiger partial charge on any atom is -0.338 e. The van der Waals surface area contributed by atoms with Gasteiger partial charge in [-0.15, -0.1) is 0 Å². The van der Waals surface area contributed by atoms with Crippen LogP contribution in [0.3, 0.4) is 0 Å². The Kier molecular flexibility index (Phi) is 5.56. The van der Waals surface area contributed by atoms with Gasteiger partial charge in [0, 0.05) is 26.2 Å². The first-order chi connectivity index (χ1) is 11.4. The molecule has 1 aliphatic heterocycles. The molecule has 0 bridgehead atoms. The highest BCUT2D eigenvalue weighted by atomic mass is 32.2. The van der Waals surface area contributed by atoms with E-state index in [9.17, 15) is 8.42 Å². The Hall–Kier alpha value is -0.990. The van der Waals surface area contributed by atoms with Crippen molar-refractivity contribution in [3.8, 4) is 0 Å². The first-order valence-corrected chi connectivity index (χ1v) is 10.8. The molecule has 3 rings (SSSR count). The van der Waals surface area contributed by atoms with Crippen molar-refractivity contribution in [1.29, 1.82) is 0 Å². The number of nitrogens with zero attached hydrogens (tertiary/aromatic N) is 4. The molecule has 2 aliphatic rings. The van der Waals surface area contributed by atoms with Crippen LogP contribution >= 0.6 is 0 Å². The molecule has 2 heterocycles. The lowest BCUT2D eigenvalue weighted by Crippen LogP contribution is -2.37. The molecule has 1 unspecified atom stereocenters. The minimum absolute atomic E-state index is 0.349. The van der Waals surface area contributed by atoms with Crippen LogP contribution in [0.4, 0.5) is 0 Å². The van der Waals surface area contributed by atoms with Crippen molar-refractivity contribution in [1.82, 2.24) is 19.3 Å². The number of aromatic nitrogens is 2. The largest absolute Gasteiger partial charge is 0.338 e. The zero-order chi connectivity index (χ0) is 17.2. The van der Waals surface area contributed by atoms with E-state index < -0.39 is 10.0 Å². The lowest BCUT2D eigenvalue weighted by molar-refractivity contribution is 0.208. The summed E-state index contributed by atoms with van der Waals surface area (Å²) in [4.78, 5) is 6.69. The second kappa shape index (κ2) is 7.49. The maximum Gasteiger partial charge on any atom is 0.245 e. The van der Waals surface area contributed by atoms with Gasteiger partial charge < -0.3 is 9.42 Å². The Balaban J connectivity index is 1.71. The first-order valence-electron chi connectivity index (χ1n) is 8.93. The molecule has 24 heavy (non-hydrogen) atoms. The standard InChI is InChI=1S/C16H28N4O3S/c1-13-17-16(23-18-13)15-8-9-19(10-11-20(15)24(2,21)22)12-14-6-4-3-5-7-14/h14-15H,3-12H2,1-2H3. The summed E-state index contributed by atoms with van der Waals surface area (Å²) in [7, 11) is -3.31. The van der Waals surface area contributed by atoms with E-state index >= 15 is 0 Å². The zero-order valence-electron chi connectivity index (χ0n) is 14.6. The molecule has 0 aromatic carbocycles. The number of aryl methyl sites for hydroxylation is 1. The fourth-order valence-corrected chi connectivity index (χ4v) is 5.04. The molecule has 1 aromatic heterocycles. The van der Waals surface area contributed by atoms with Crippen molar-refractivity contribution < 1.29 is 12.9 Å². The fraction of sp³-hybridized carbons (Fsp3) is 0.875. The van der Waals surface area contributed by atoms with Crippen LogP contribution in [0.15, 0.2) is 4.52 Å². The Labute approximate surface area is 144 Å². The van der Waals surface area contributed by atoms with Crippen LogP contribution in [0.2, 0.25) is 0 Å². The van der Waals surface area contributed by atoms with Gasteiger partial charge in [0.15, 0.2) is 5.82 Å². The monoisotopic (exact) mass is 356 g/mol. The summed E-state index contributed by atoms with van der Waals surface area (Å²) in [6.45, 7) is 4.95. The van der Waals surface area contributed by atoms with Crippen LogP contribution < -0.4 is 0 Å². The highest BCUT2D eigenvalue weighted by Crippen LogP contribution is 2.30. The molecule has 0 amide bonds. The fourth-order valence-electron chi connectivity index (χ4n) is 3.97. The average Bonchev–Trinajstić information content (AvgIpc) is 2.84. The molecule has 1 atom stereocenters. The SMILES string of the molecule is Cc1noc(C2CCN(CC3CCCCC3)CCN2S(C)(=O)=O)n1. The maximum atomic E-state index is 12.2. The van der Waals surface area contributed by atoms with Gasteiger partial charge in [0.05, 0.1) is 6.26 Å². The van der Waals surface area contributed by atoms with E-state index in [4.69, 9.17) is 4.52 Å². The van der Waals surface area contributed by atoms with E-state index in [2.05, 4.69) is 15.0 Å². The third kappa shape index (κ3) is 4.34. The van der Waals surface area contributed by atoms with Crippen molar-refractivity contribution >= 4 is 10.0 Å². The molecule has 0 radical (unpaired) electrons. The average molecular weight is 356 g/mol. The van der Waals surface area contributed by atoms with E-state index in [1.807, 2.05) is 0 Å². The predicted octanol–water partition coefficient (Wildman–Crippen LogP) is 1.97. The van der Waals surface area contributed by atoms with Gasteiger partial charge in [0.1, 0.15) is 6.04 Å². The molecule has 1 aliphatic carbocycles. The van der Waals surface area contributed by atoms with Gasteiger partial charge in [-0.05, 0) is 32.1 Å². The molecular weight excluding hydrogens is 328 g/mol. The topological polar surface area (TPSA) is 79.5 Å². The number of rotatable bonds is 4. The van der Waals surface area contributed by atoms with Crippen molar-refractivity contribution in [2.45, 2.75) is 51.5 Å². The first kappa shape index (κ1) is 17.8. The van der Waals surface area contributed by atoms with Crippen LogP contribution in [0.5, 0.6) is 0 Å². The predicted molar refractivity (Wildman–Crippen MR) is 91.0 cm³/mol. The van der Waals surface area contributed by atoms with Gasteiger partial charge in [0.25, 0.3) is 0 Å². The second-order valence-corrected chi connectivity index (χ2v) is 9.10. The number of hydrogen-bond donors (Lipinski definition) is 0. The lowest BCUT2D eigenvalue weighted by Gasteiger charge is -2.28. The van der Waals surface area contributed by atoms with E-state index in [0.29, 0.717) is 24.7 Å². The smallest absolute Gasteiger partial charge is 0.245 e. The highest BCUT2D eigenvalue weighted by molar-refractivity contribution is 7.88. The Morgan fingerprint density at radius 3 is 2.50 bits per heavy atom. The van der Waals surface area contributed by atoms with Gasteiger partial charge >= 0.3 is 0 Å². The van der Waals surface area contributed by atoms with Crippen LogP contribution in [0.1, 0.15) is 56.3 Å². The van der Waals surface area contributed by atoms with Crippen molar-refractivity contribution in [3.63, 3.8) is 0 Å². The van der Waals surface area contributed by atoms with Crippen LogP contribution in [0, 0.1) is 12.8 Å². The molecule has 0 N–H and O–H groups in total. The van der Waals surface area contributed by atoms with Gasteiger partial charge in [-0.25, -0.2) is 8.42 Å². The minimum atomic E-state index is -3.31. The van der Waals surface area contributed by atoms with Crippen LogP contribution in [-0.4, -0.2) is 60.2 Å². The van der Waals surface area contributed by atoms with Gasteiger partial charge in [-0.3, -0.25) is 0 Å². The second-order valence-electron chi connectivity index (χ2n) is 7.16. The molecule has 7 nitrogen and oxygen atoms in total. The van der Waals surface area contributed by atoms with Crippen molar-refractivity contribution in [2.75, 3.05) is 32.4 Å². The van der Waals surface area contributed by atoms with E-state index in [-0.39, 0.29) is 6.04 Å². The number of hydrogen-bond acceptors (Lipinski definition) is 6. The molecular formula is C16H28N4O3S. The van der Waals surface area contributed by atoms with Crippen molar-refractivity contribution in [2.24, 2.45) is 5.92 Å². The molecule has 136 valence electrons. The molecule has 2 fully saturated rings. The quantitative estimate of drug-likeness (QED) is 0.820. The summed E-state index contributed by atoms with van der Waals surface area (Å²) in [5, 5.41) is 3.83. The Morgan fingerprint density at radius 2 is 1.88 bits per heavy atom. The molecule has 1 saturated carbocycles. The summed E-state index contributed by atoms with van der Waals surface area (Å²) < 4.78 is 31.3. The summed E-state index contributed by atoms with van der Waals surface area (Å²) >= 11 is 0. The van der Waals surface area contributed by atoms with Gasteiger partial charge in [-0.2, -0.15) is 9.29 Å².